The van der Waals surface area contributed by atoms with Gasteiger partial charge < -0.3 is 0 Å². The molecule has 0 radical (unpaired) electrons. The van der Waals surface area contributed by atoms with E-state index in [2.05, 4.69) is 57.3 Å². The van der Waals surface area contributed by atoms with Gasteiger partial charge >= 0.3 is 0 Å². The fourth-order valence-electron chi connectivity index (χ4n) is 4.59. The van der Waals surface area contributed by atoms with E-state index in [1.807, 2.05) is 0 Å². The van der Waals surface area contributed by atoms with Crippen LogP contribution < -0.4 is 5.19 Å². The van der Waals surface area contributed by atoms with Crippen molar-refractivity contribution in [2.45, 2.75) is 46.2 Å². The summed E-state index contributed by atoms with van der Waals surface area (Å²) in [7, 11) is -1.62. The molecule has 20 heavy (non-hydrogen) atoms. The van der Waals surface area contributed by atoms with Crippen LogP contribution in [0, 0.1) is 23.2 Å². The predicted octanol–water partition coefficient (Wildman–Crippen LogP) is 4.58. The maximum atomic E-state index is 6.06. The van der Waals surface area contributed by atoms with Gasteiger partial charge in [-0.1, -0.05) is 74.7 Å². The summed E-state index contributed by atoms with van der Waals surface area (Å²) in [6.07, 6.45) is 4.17. The van der Waals surface area contributed by atoms with Gasteiger partial charge in [-0.2, -0.15) is 0 Å². The van der Waals surface area contributed by atoms with Gasteiger partial charge in [-0.3, -0.25) is 0 Å². The first kappa shape index (κ1) is 14.5. The minimum atomic E-state index is -1.62. The molecule has 3 aliphatic carbocycles. The van der Waals surface area contributed by atoms with E-state index in [-0.39, 0.29) is 0 Å². The second-order valence-electron chi connectivity index (χ2n) is 7.90. The third-order valence-corrected chi connectivity index (χ3v) is 11.5. The molecule has 0 saturated heterocycles. The summed E-state index contributed by atoms with van der Waals surface area (Å²) >= 11 is 6.06. The van der Waals surface area contributed by atoms with Crippen molar-refractivity contribution in [3.05, 3.63) is 30.3 Å². The highest BCUT2D eigenvalue weighted by atomic mass is 32.1. The lowest BCUT2D eigenvalue weighted by Gasteiger charge is -2.61. The molecule has 1 aromatic carbocycles. The number of fused-ring (bicyclic) bond motifs is 2. The van der Waals surface area contributed by atoms with E-state index in [0.717, 1.165) is 11.8 Å². The molecule has 0 N–H and O–H groups in total. The molecular formula is C18H26SSi. The molecule has 3 atom stereocenters. The lowest BCUT2D eigenvalue weighted by atomic mass is 9.46. The van der Waals surface area contributed by atoms with Crippen molar-refractivity contribution in [1.82, 2.24) is 0 Å². The normalized spacial score (nSPS) is 31.5. The number of thiocarbonyl (C=S) groups is 1. The van der Waals surface area contributed by atoms with Crippen LogP contribution >= 0.6 is 12.2 Å². The Bertz CT molecular complexity index is 515. The van der Waals surface area contributed by atoms with Gasteiger partial charge in [0.2, 0.25) is 0 Å². The van der Waals surface area contributed by atoms with E-state index in [1.54, 1.807) is 0 Å². The third-order valence-electron chi connectivity index (χ3n) is 6.31. The molecule has 0 aromatic heterocycles. The molecule has 4 rings (SSSR count). The number of benzene rings is 1. The van der Waals surface area contributed by atoms with Crippen LogP contribution in [0.25, 0.3) is 0 Å². The zero-order valence-electron chi connectivity index (χ0n) is 13.1. The summed E-state index contributed by atoms with van der Waals surface area (Å²) < 4.78 is 1.43. The molecule has 0 amide bonds. The summed E-state index contributed by atoms with van der Waals surface area (Å²) in [5, 5.41) is 1.50. The minimum absolute atomic E-state index is 0.536. The van der Waals surface area contributed by atoms with E-state index < -0.39 is 8.07 Å². The van der Waals surface area contributed by atoms with Crippen molar-refractivity contribution >= 4 is 30.0 Å². The molecule has 0 heterocycles. The Morgan fingerprint density at radius 1 is 1.15 bits per heavy atom. The van der Waals surface area contributed by atoms with Crippen LogP contribution in [0.15, 0.2) is 30.3 Å². The van der Waals surface area contributed by atoms with Gasteiger partial charge in [0.15, 0.2) is 0 Å². The first-order valence-electron chi connectivity index (χ1n) is 7.95. The summed E-state index contributed by atoms with van der Waals surface area (Å²) in [4.78, 5) is 0. The van der Waals surface area contributed by atoms with Gasteiger partial charge in [0.1, 0.15) is 8.07 Å². The van der Waals surface area contributed by atoms with Crippen molar-refractivity contribution in [1.29, 1.82) is 0 Å². The molecule has 3 fully saturated rings. The van der Waals surface area contributed by atoms with Crippen molar-refractivity contribution in [3.8, 4) is 0 Å². The van der Waals surface area contributed by atoms with Crippen LogP contribution in [0.5, 0.6) is 0 Å². The molecule has 0 spiro atoms. The Morgan fingerprint density at radius 3 is 2.35 bits per heavy atom. The van der Waals surface area contributed by atoms with Crippen molar-refractivity contribution < 1.29 is 0 Å². The minimum Gasteiger partial charge on any atom is -0.0939 e. The quantitative estimate of drug-likeness (QED) is 0.581. The van der Waals surface area contributed by atoms with Crippen molar-refractivity contribution in [2.24, 2.45) is 23.2 Å². The largest absolute Gasteiger partial charge is 0.121 e. The molecule has 3 aliphatic rings. The average molecular weight is 303 g/mol. The highest BCUT2D eigenvalue weighted by Crippen LogP contribution is 2.61. The molecule has 0 aliphatic heterocycles. The standard InChI is InChI=1S/C18H26SSi/c1-18(2)13-10-11-15(16(18)12-13)17(19)20(3,4)14-8-6-5-7-9-14/h5-9,13,15-16H,10-12H2,1-4H3/t13-,15-,16-/m0/s1. The molecule has 3 saturated carbocycles. The predicted molar refractivity (Wildman–Crippen MR) is 94.3 cm³/mol. The second kappa shape index (κ2) is 4.77. The average Bonchev–Trinajstić information content (AvgIpc) is 2.47. The third kappa shape index (κ3) is 2.03. The fourth-order valence-corrected chi connectivity index (χ4v) is 7.80. The molecular weight excluding hydrogens is 276 g/mol. The van der Waals surface area contributed by atoms with E-state index in [1.165, 1.54) is 28.9 Å². The lowest BCUT2D eigenvalue weighted by molar-refractivity contribution is -0.0837. The highest BCUT2D eigenvalue weighted by molar-refractivity contribution is 7.85. The van der Waals surface area contributed by atoms with Crippen LogP contribution in [0.1, 0.15) is 33.1 Å². The molecule has 0 unspecified atom stereocenters. The summed E-state index contributed by atoms with van der Waals surface area (Å²) in [6.45, 7) is 9.83. The van der Waals surface area contributed by atoms with E-state index >= 15 is 0 Å². The Labute approximate surface area is 130 Å². The first-order valence-corrected chi connectivity index (χ1v) is 11.4. The van der Waals surface area contributed by atoms with Crippen molar-refractivity contribution in [2.75, 3.05) is 0 Å². The maximum absolute atomic E-state index is 6.06. The summed E-state index contributed by atoms with van der Waals surface area (Å²) in [5.41, 5.74) is 0.536. The van der Waals surface area contributed by atoms with Crippen LogP contribution in [0.3, 0.4) is 0 Å². The first-order chi connectivity index (χ1) is 9.35. The monoisotopic (exact) mass is 302 g/mol. The maximum Gasteiger partial charge on any atom is 0.121 e. The van der Waals surface area contributed by atoms with E-state index in [9.17, 15) is 0 Å². The van der Waals surface area contributed by atoms with Crippen LogP contribution in [-0.4, -0.2) is 12.6 Å². The molecule has 0 nitrogen and oxygen atoms in total. The topological polar surface area (TPSA) is 0 Å². The summed E-state index contributed by atoms with van der Waals surface area (Å²) in [6, 6.07) is 11.0. The SMILES string of the molecule is CC1(C)[C@H]2CC[C@H](C(=S)[Si](C)(C)c3ccccc3)[C@@H]1C2. The van der Waals surface area contributed by atoms with Gasteiger partial charge in [0.25, 0.3) is 0 Å². The highest BCUT2D eigenvalue weighted by Gasteiger charge is 2.56. The lowest BCUT2D eigenvalue weighted by Crippen LogP contribution is -2.60. The van der Waals surface area contributed by atoms with E-state index in [4.69, 9.17) is 12.2 Å². The number of hydrogen-bond donors (Lipinski definition) is 0. The summed E-state index contributed by atoms with van der Waals surface area (Å²) in [5.74, 6) is 2.52. The Morgan fingerprint density at radius 2 is 1.80 bits per heavy atom. The zero-order chi connectivity index (χ0) is 14.5. The van der Waals surface area contributed by atoms with Gasteiger partial charge in [-0.15, -0.1) is 0 Å². The van der Waals surface area contributed by atoms with Crippen molar-refractivity contribution in [3.63, 3.8) is 0 Å². The van der Waals surface area contributed by atoms with E-state index in [0.29, 0.717) is 11.3 Å². The Balaban J connectivity index is 1.86. The van der Waals surface area contributed by atoms with Gasteiger partial charge in [-0.05, 0) is 46.9 Å². The molecule has 2 bridgehead atoms. The second-order valence-corrected chi connectivity index (χ2v) is 13.1. The zero-order valence-corrected chi connectivity index (χ0v) is 15.0. The molecule has 108 valence electrons. The van der Waals surface area contributed by atoms with Crippen LogP contribution in [-0.2, 0) is 0 Å². The molecule has 1 aromatic rings. The van der Waals surface area contributed by atoms with Crippen LogP contribution in [0.4, 0.5) is 0 Å². The van der Waals surface area contributed by atoms with Gasteiger partial charge in [0.05, 0.1) is 0 Å². The smallest absolute Gasteiger partial charge is 0.0939 e. The Hall–Kier alpha value is -0.473. The van der Waals surface area contributed by atoms with Gasteiger partial charge in [-0.25, -0.2) is 0 Å². The van der Waals surface area contributed by atoms with Crippen LogP contribution in [0.2, 0.25) is 13.1 Å². The van der Waals surface area contributed by atoms with Gasteiger partial charge in [0, 0.05) is 0 Å². The number of rotatable bonds is 3. The number of hydrogen-bond acceptors (Lipinski definition) is 1. The molecule has 2 heteroatoms. The Kier molecular flexibility index (Phi) is 3.45. The fraction of sp³-hybridized carbons (Fsp3) is 0.611.